The molecule has 2 heterocycles. The van der Waals surface area contributed by atoms with Gasteiger partial charge < -0.3 is 4.90 Å². The molecule has 0 saturated carbocycles. The van der Waals surface area contributed by atoms with Crippen LogP contribution in [-0.4, -0.2) is 58.0 Å². The van der Waals surface area contributed by atoms with Gasteiger partial charge in [0.1, 0.15) is 11.4 Å². The van der Waals surface area contributed by atoms with Crippen LogP contribution < -0.4 is 0 Å². The minimum absolute atomic E-state index is 0.0184. The molecule has 1 fully saturated rings. The van der Waals surface area contributed by atoms with Gasteiger partial charge in [0.05, 0.1) is 23.0 Å². The lowest BCUT2D eigenvalue weighted by Gasteiger charge is -2.28. The minimum atomic E-state index is -3.09. The predicted molar refractivity (Wildman–Crippen MR) is 117 cm³/mol. The van der Waals surface area contributed by atoms with E-state index in [2.05, 4.69) is 5.10 Å². The fourth-order valence-corrected chi connectivity index (χ4v) is 5.73. The van der Waals surface area contributed by atoms with Crippen molar-refractivity contribution in [3.8, 4) is 0 Å². The van der Waals surface area contributed by atoms with Gasteiger partial charge in [0, 0.05) is 18.2 Å². The van der Waals surface area contributed by atoms with E-state index in [1.54, 1.807) is 47.7 Å². The molecule has 168 valence electrons. The van der Waals surface area contributed by atoms with Gasteiger partial charge in [0.2, 0.25) is 0 Å². The fourth-order valence-electron chi connectivity index (χ4n) is 4.00. The van der Waals surface area contributed by atoms with Crippen molar-refractivity contribution in [3.05, 3.63) is 56.9 Å². The molecule has 31 heavy (non-hydrogen) atoms. The van der Waals surface area contributed by atoms with Crippen LogP contribution >= 0.6 is 0 Å². The van der Waals surface area contributed by atoms with E-state index in [0.29, 0.717) is 36.5 Å². The third-order valence-electron chi connectivity index (χ3n) is 5.72. The number of rotatable bonds is 8. The molecule has 1 aromatic heterocycles. The number of sulfone groups is 1. The first-order valence-corrected chi connectivity index (χ1v) is 12.2. The summed E-state index contributed by atoms with van der Waals surface area (Å²) in [5.74, 6) is -0.0118. The zero-order valence-electron chi connectivity index (χ0n) is 18.1. The second-order valence-electron chi connectivity index (χ2n) is 8.04. The van der Waals surface area contributed by atoms with Gasteiger partial charge in [-0.25, -0.2) is 8.42 Å². The molecule has 1 amide bonds. The van der Waals surface area contributed by atoms with Gasteiger partial charge in [-0.05, 0) is 44.4 Å². The Labute approximate surface area is 182 Å². The van der Waals surface area contributed by atoms with Crippen LogP contribution in [0.1, 0.15) is 53.5 Å². The Hall–Kier alpha value is -2.75. The Kier molecular flexibility index (Phi) is 6.78. The summed E-state index contributed by atoms with van der Waals surface area (Å²) in [4.78, 5) is 25.6. The summed E-state index contributed by atoms with van der Waals surface area (Å²) >= 11 is 0. The average Bonchev–Trinajstić information content (AvgIpc) is 3.20. The molecule has 9 nitrogen and oxygen atoms in total. The highest BCUT2D eigenvalue weighted by Gasteiger charge is 2.34. The quantitative estimate of drug-likeness (QED) is 0.453. The van der Waals surface area contributed by atoms with E-state index in [9.17, 15) is 23.3 Å². The van der Waals surface area contributed by atoms with Gasteiger partial charge in [-0.1, -0.05) is 25.5 Å². The van der Waals surface area contributed by atoms with Crippen molar-refractivity contribution in [3.63, 3.8) is 0 Å². The molecule has 2 aromatic rings. The van der Waals surface area contributed by atoms with Crippen molar-refractivity contribution in [2.24, 2.45) is 0 Å². The summed E-state index contributed by atoms with van der Waals surface area (Å²) in [6, 6.07) is 6.78. The lowest BCUT2D eigenvalue weighted by Crippen LogP contribution is -2.41. The Bertz CT molecular complexity index is 1080. The van der Waals surface area contributed by atoms with Gasteiger partial charge in [-0.15, -0.1) is 0 Å². The number of aryl methyl sites for hydroxylation is 1. The van der Waals surface area contributed by atoms with E-state index < -0.39 is 14.8 Å². The number of nitrogens with zero attached hydrogens (tertiary/aromatic N) is 4. The Balaban J connectivity index is 1.77. The van der Waals surface area contributed by atoms with Gasteiger partial charge in [-0.2, -0.15) is 5.10 Å². The second kappa shape index (κ2) is 9.17. The van der Waals surface area contributed by atoms with E-state index in [1.807, 2.05) is 6.92 Å². The number of hydrogen-bond acceptors (Lipinski definition) is 6. The molecule has 1 atom stereocenters. The van der Waals surface area contributed by atoms with Crippen LogP contribution in [0.25, 0.3) is 0 Å². The maximum Gasteiger partial charge on any atom is 0.312 e. The van der Waals surface area contributed by atoms with Crippen molar-refractivity contribution in [2.45, 2.75) is 52.6 Å². The van der Waals surface area contributed by atoms with Crippen LogP contribution in [0.4, 0.5) is 5.69 Å². The average molecular weight is 449 g/mol. The molecular formula is C21H28N4O5S. The maximum atomic E-state index is 13.1. The highest BCUT2D eigenvalue weighted by atomic mass is 32.2. The van der Waals surface area contributed by atoms with Crippen LogP contribution in [0, 0.1) is 24.0 Å². The lowest BCUT2D eigenvalue weighted by molar-refractivity contribution is -0.386. The molecule has 1 unspecified atom stereocenters. The number of nitro groups is 1. The topological polar surface area (TPSA) is 115 Å². The number of carbonyl (C=O) groups excluding carboxylic acids is 1. The molecule has 10 heteroatoms. The SMILES string of the molecule is CCCCN(C(=O)c1ccc(Cn2nc(C)c([N+](=O)[O-])c2C)cc1)C1CCS(=O)(=O)C1. The van der Waals surface area contributed by atoms with E-state index in [4.69, 9.17) is 0 Å². The van der Waals surface area contributed by atoms with Crippen molar-refractivity contribution in [1.82, 2.24) is 14.7 Å². The van der Waals surface area contributed by atoms with Gasteiger partial charge in [0.25, 0.3) is 5.91 Å². The highest BCUT2D eigenvalue weighted by molar-refractivity contribution is 7.91. The molecule has 0 bridgehead atoms. The van der Waals surface area contributed by atoms with Crippen molar-refractivity contribution in [1.29, 1.82) is 0 Å². The van der Waals surface area contributed by atoms with Crippen molar-refractivity contribution >= 4 is 21.4 Å². The Morgan fingerprint density at radius 3 is 2.48 bits per heavy atom. The molecule has 1 saturated heterocycles. The number of carbonyl (C=O) groups is 1. The first-order chi connectivity index (χ1) is 14.6. The molecule has 1 aliphatic rings. The zero-order chi connectivity index (χ0) is 22.8. The van der Waals surface area contributed by atoms with E-state index in [0.717, 1.165) is 18.4 Å². The lowest BCUT2D eigenvalue weighted by atomic mass is 10.1. The molecule has 0 N–H and O–H groups in total. The first kappa shape index (κ1) is 22.9. The third-order valence-corrected chi connectivity index (χ3v) is 7.47. The van der Waals surface area contributed by atoms with Gasteiger partial charge in [-0.3, -0.25) is 19.6 Å². The number of unbranched alkanes of at least 4 members (excludes halogenated alkanes) is 1. The standard InChI is InChI=1S/C21H28N4O5S/c1-4-5-11-23(19-10-12-31(29,30)14-19)21(26)18-8-6-17(7-9-18)13-24-16(3)20(25(27)28)15(2)22-24/h6-9,19H,4-5,10-14H2,1-3H3. The fraction of sp³-hybridized carbons (Fsp3) is 0.524. The van der Waals surface area contributed by atoms with E-state index >= 15 is 0 Å². The van der Waals surface area contributed by atoms with Gasteiger partial charge in [0.15, 0.2) is 9.84 Å². The van der Waals surface area contributed by atoms with E-state index in [-0.39, 0.29) is 29.1 Å². The number of benzene rings is 1. The number of amides is 1. The molecular weight excluding hydrogens is 420 g/mol. The molecule has 0 spiro atoms. The molecule has 1 aromatic carbocycles. The van der Waals surface area contributed by atoms with Crippen molar-refractivity contribution in [2.75, 3.05) is 18.1 Å². The third kappa shape index (κ3) is 5.12. The minimum Gasteiger partial charge on any atom is -0.335 e. The van der Waals surface area contributed by atoms with Crippen LogP contribution in [0.2, 0.25) is 0 Å². The smallest absolute Gasteiger partial charge is 0.312 e. The molecule has 1 aliphatic heterocycles. The first-order valence-electron chi connectivity index (χ1n) is 10.4. The molecule has 0 aliphatic carbocycles. The summed E-state index contributed by atoms with van der Waals surface area (Å²) < 4.78 is 25.4. The molecule has 3 rings (SSSR count). The Morgan fingerprint density at radius 1 is 1.29 bits per heavy atom. The van der Waals surface area contributed by atoms with Gasteiger partial charge >= 0.3 is 5.69 Å². The monoisotopic (exact) mass is 448 g/mol. The number of aromatic nitrogens is 2. The Morgan fingerprint density at radius 2 is 1.97 bits per heavy atom. The van der Waals surface area contributed by atoms with Crippen LogP contribution in [0.15, 0.2) is 24.3 Å². The van der Waals surface area contributed by atoms with Crippen LogP contribution in [0.5, 0.6) is 0 Å². The summed E-state index contributed by atoms with van der Waals surface area (Å²) in [7, 11) is -3.09. The molecule has 0 radical (unpaired) electrons. The van der Waals surface area contributed by atoms with Crippen LogP contribution in [-0.2, 0) is 16.4 Å². The van der Waals surface area contributed by atoms with Crippen molar-refractivity contribution < 1.29 is 18.1 Å². The predicted octanol–water partition coefficient (Wildman–Crippen LogP) is 2.89. The maximum absolute atomic E-state index is 13.1. The van der Waals surface area contributed by atoms with E-state index in [1.165, 1.54) is 0 Å². The van der Waals surface area contributed by atoms with Crippen LogP contribution in [0.3, 0.4) is 0 Å². The second-order valence-corrected chi connectivity index (χ2v) is 10.3. The normalized spacial score (nSPS) is 17.6. The summed E-state index contributed by atoms with van der Waals surface area (Å²) in [6.07, 6.45) is 2.21. The number of hydrogen-bond donors (Lipinski definition) is 0. The zero-order valence-corrected chi connectivity index (χ0v) is 18.9. The summed E-state index contributed by atoms with van der Waals surface area (Å²) in [5, 5.41) is 15.4. The summed E-state index contributed by atoms with van der Waals surface area (Å²) in [5.41, 5.74) is 2.23. The summed E-state index contributed by atoms with van der Waals surface area (Å²) in [6.45, 7) is 6.20. The highest BCUT2D eigenvalue weighted by Crippen LogP contribution is 2.24. The largest absolute Gasteiger partial charge is 0.335 e.